The molecule has 2 bridgehead atoms. The number of halogens is 1. The zero-order valence-electron chi connectivity index (χ0n) is 11.9. The summed E-state index contributed by atoms with van der Waals surface area (Å²) >= 11 is 5.77. The first-order valence-corrected chi connectivity index (χ1v) is 9.13. The lowest BCUT2D eigenvalue weighted by molar-refractivity contribution is 0.413. The van der Waals surface area contributed by atoms with Gasteiger partial charge in [0.1, 0.15) is 0 Å². The first-order valence-electron chi connectivity index (χ1n) is 7.27. The van der Waals surface area contributed by atoms with Gasteiger partial charge in [-0.25, -0.2) is 4.83 Å². The quantitative estimate of drug-likeness (QED) is 0.680. The molecule has 21 heavy (non-hydrogen) atoms. The van der Waals surface area contributed by atoms with Gasteiger partial charge in [0.05, 0.1) is 4.90 Å². The van der Waals surface area contributed by atoms with Crippen LogP contribution < -0.4 is 4.83 Å². The summed E-state index contributed by atoms with van der Waals surface area (Å²) in [4.78, 5) is 2.53. The van der Waals surface area contributed by atoms with Crippen LogP contribution in [0.5, 0.6) is 0 Å². The number of nitrogens with one attached hydrogen (secondary N) is 1. The molecule has 2 saturated carbocycles. The standard InChI is InChI=1S/C15H19ClN2O2S/c1-10(15-9-11-2-3-12(15)8-11)17-18-21(19,20)14-6-4-13(16)5-7-14/h4-7,11-12,15,18H,2-3,8-9H2,1H3/b17-10-/t11-,12-,15+/m0/s1. The van der Waals surface area contributed by atoms with E-state index < -0.39 is 10.0 Å². The fraction of sp³-hybridized carbons (Fsp3) is 0.533. The Morgan fingerprint density at radius 1 is 1.24 bits per heavy atom. The summed E-state index contributed by atoms with van der Waals surface area (Å²) < 4.78 is 24.3. The van der Waals surface area contributed by atoms with E-state index in [4.69, 9.17) is 11.6 Å². The molecule has 1 N–H and O–H groups in total. The molecule has 2 fully saturated rings. The Balaban J connectivity index is 1.71. The van der Waals surface area contributed by atoms with Crippen LogP contribution in [-0.2, 0) is 10.0 Å². The van der Waals surface area contributed by atoms with Crippen LogP contribution in [-0.4, -0.2) is 14.1 Å². The van der Waals surface area contributed by atoms with E-state index in [-0.39, 0.29) is 4.90 Å². The Morgan fingerprint density at radius 3 is 2.52 bits per heavy atom. The molecule has 0 spiro atoms. The Bertz CT molecular complexity index is 655. The number of hydrazone groups is 1. The van der Waals surface area contributed by atoms with Crippen LogP contribution in [0, 0.1) is 17.8 Å². The van der Waals surface area contributed by atoms with Gasteiger partial charge in [-0.1, -0.05) is 18.0 Å². The summed E-state index contributed by atoms with van der Waals surface area (Å²) in [6.45, 7) is 1.93. The van der Waals surface area contributed by atoms with Gasteiger partial charge in [0.15, 0.2) is 0 Å². The van der Waals surface area contributed by atoms with Gasteiger partial charge in [0, 0.05) is 16.7 Å². The highest BCUT2D eigenvalue weighted by molar-refractivity contribution is 7.89. The molecule has 4 nitrogen and oxygen atoms in total. The SMILES string of the molecule is C/C(=N/NS(=O)(=O)c1ccc(Cl)cc1)[C@H]1C[C@H]2CC[C@H]1C2. The van der Waals surface area contributed by atoms with Crippen molar-refractivity contribution in [3.8, 4) is 0 Å². The molecule has 0 radical (unpaired) electrons. The minimum absolute atomic E-state index is 0.177. The Hall–Kier alpha value is -1.07. The predicted octanol–water partition coefficient (Wildman–Crippen LogP) is 3.43. The van der Waals surface area contributed by atoms with Gasteiger partial charge in [-0.2, -0.15) is 13.5 Å². The maximum absolute atomic E-state index is 12.2. The number of hydrogen-bond acceptors (Lipinski definition) is 3. The fourth-order valence-electron chi connectivity index (χ4n) is 3.64. The normalized spacial score (nSPS) is 28.9. The molecule has 6 heteroatoms. The topological polar surface area (TPSA) is 58.5 Å². The van der Waals surface area contributed by atoms with Gasteiger partial charge in [-0.15, -0.1) is 0 Å². The Kier molecular flexibility index (Phi) is 3.97. The van der Waals surface area contributed by atoms with Crippen molar-refractivity contribution in [3.63, 3.8) is 0 Å². The van der Waals surface area contributed by atoms with Crippen molar-refractivity contribution in [1.82, 2.24) is 4.83 Å². The van der Waals surface area contributed by atoms with Gasteiger partial charge in [0.25, 0.3) is 10.0 Å². The van der Waals surface area contributed by atoms with Crippen LogP contribution in [0.15, 0.2) is 34.3 Å². The van der Waals surface area contributed by atoms with E-state index in [1.54, 1.807) is 12.1 Å². The third-order valence-corrected chi connectivity index (χ3v) is 6.22. The second-order valence-corrected chi connectivity index (χ2v) is 8.18. The van der Waals surface area contributed by atoms with Crippen LogP contribution in [0.2, 0.25) is 5.02 Å². The zero-order valence-corrected chi connectivity index (χ0v) is 13.5. The molecule has 0 amide bonds. The van der Waals surface area contributed by atoms with Crippen molar-refractivity contribution >= 4 is 27.3 Å². The maximum atomic E-state index is 12.2. The van der Waals surface area contributed by atoms with Crippen LogP contribution in [0.3, 0.4) is 0 Å². The first-order chi connectivity index (χ1) is 9.95. The second kappa shape index (κ2) is 5.61. The average Bonchev–Trinajstić information content (AvgIpc) is 3.08. The molecule has 2 aliphatic rings. The lowest BCUT2D eigenvalue weighted by Crippen LogP contribution is -2.24. The molecule has 1 aromatic carbocycles. The molecule has 0 aromatic heterocycles. The number of hydrogen-bond donors (Lipinski definition) is 1. The van der Waals surface area contributed by atoms with Crippen molar-refractivity contribution in [3.05, 3.63) is 29.3 Å². The lowest BCUT2D eigenvalue weighted by atomic mass is 9.86. The van der Waals surface area contributed by atoms with E-state index in [0.29, 0.717) is 16.9 Å². The van der Waals surface area contributed by atoms with Crippen molar-refractivity contribution < 1.29 is 8.42 Å². The van der Waals surface area contributed by atoms with E-state index in [9.17, 15) is 8.42 Å². The summed E-state index contributed by atoms with van der Waals surface area (Å²) in [6, 6.07) is 6.07. The molecule has 0 unspecified atom stereocenters. The minimum atomic E-state index is -3.61. The van der Waals surface area contributed by atoms with Gasteiger partial charge in [-0.3, -0.25) is 0 Å². The summed E-state index contributed by atoms with van der Waals surface area (Å²) in [5, 5.41) is 4.65. The minimum Gasteiger partial charge on any atom is -0.200 e. The molecular weight excluding hydrogens is 308 g/mol. The third-order valence-electron chi connectivity index (χ3n) is 4.74. The van der Waals surface area contributed by atoms with E-state index in [0.717, 1.165) is 18.1 Å². The highest BCUT2D eigenvalue weighted by atomic mass is 35.5. The summed E-state index contributed by atoms with van der Waals surface area (Å²) in [6.07, 6.45) is 5.02. The molecule has 1 aromatic rings. The summed E-state index contributed by atoms with van der Waals surface area (Å²) in [5.41, 5.74) is 0.903. The molecule has 114 valence electrons. The number of benzene rings is 1. The van der Waals surface area contributed by atoms with E-state index in [2.05, 4.69) is 9.93 Å². The maximum Gasteiger partial charge on any atom is 0.276 e. The summed E-state index contributed by atoms with van der Waals surface area (Å²) in [7, 11) is -3.61. The van der Waals surface area contributed by atoms with Crippen LogP contribution in [0.1, 0.15) is 32.6 Å². The van der Waals surface area contributed by atoms with E-state index >= 15 is 0 Å². The van der Waals surface area contributed by atoms with Crippen LogP contribution >= 0.6 is 11.6 Å². The fourth-order valence-corrected chi connectivity index (χ4v) is 4.63. The van der Waals surface area contributed by atoms with Gasteiger partial charge in [0.2, 0.25) is 0 Å². The number of fused-ring (bicyclic) bond motifs is 2. The predicted molar refractivity (Wildman–Crippen MR) is 83.8 cm³/mol. The second-order valence-electron chi connectivity index (χ2n) is 6.08. The largest absolute Gasteiger partial charge is 0.276 e. The van der Waals surface area contributed by atoms with Crippen molar-refractivity contribution in [2.24, 2.45) is 22.9 Å². The van der Waals surface area contributed by atoms with Crippen molar-refractivity contribution in [2.45, 2.75) is 37.5 Å². The lowest BCUT2D eigenvalue weighted by Gasteiger charge is -2.21. The van der Waals surface area contributed by atoms with Crippen molar-refractivity contribution in [2.75, 3.05) is 0 Å². The van der Waals surface area contributed by atoms with Crippen LogP contribution in [0.25, 0.3) is 0 Å². The van der Waals surface area contributed by atoms with E-state index in [1.807, 2.05) is 6.92 Å². The van der Waals surface area contributed by atoms with Crippen LogP contribution in [0.4, 0.5) is 0 Å². The Labute approximate surface area is 130 Å². The average molecular weight is 327 g/mol. The molecule has 0 heterocycles. The molecule has 3 atom stereocenters. The highest BCUT2D eigenvalue weighted by Gasteiger charge is 2.40. The summed E-state index contributed by atoms with van der Waals surface area (Å²) in [5.74, 6) is 1.95. The van der Waals surface area contributed by atoms with Gasteiger partial charge >= 0.3 is 0 Å². The van der Waals surface area contributed by atoms with Gasteiger partial charge in [-0.05, 0) is 62.3 Å². The molecule has 2 aliphatic carbocycles. The number of nitrogens with zero attached hydrogens (tertiary/aromatic N) is 1. The van der Waals surface area contributed by atoms with Crippen molar-refractivity contribution in [1.29, 1.82) is 0 Å². The Morgan fingerprint density at radius 2 is 1.95 bits per heavy atom. The molecule has 0 aliphatic heterocycles. The highest BCUT2D eigenvalue weighted by Crippen LogP contribution is 2.48. The molecular formula is C15H19ClN2O2S. The number of rotatable bonds is 4. The molecule has 3 rings (SSSR count). The number of sulfonamides is 1. The molecule has 0 saturated heterocycles. The monoisotopic (exact) mass is 326 g/mol. The van der Waals surface area contributed by atoms with E-state index in [1.165, 1.54) is 31.4 Å². The zero-order chi connectivity index (χ0) is 15.0. The smallest absolute Gasteiger partial charge is 0.200 e. The van der Waals surface area contributed by atoms with Gasteiger partial charge < -0.3 is 0 Å². The third kappa shape index (κ3) is 3.09. The first kappa shape index (κ1) is 14.9.